The molecule has 1 fully saturated rings. The molecule has 1 rings (SSSR count). The van der Waals surface area contributed by atoms with E-state index in [-0.39, 0.29) is 17.6 Å². The molecule has 5 heteroatoms. The van der Waals surface area contributed by atoms with Gasteiger partial charge in [0.1, 0.15) is 0 Å². The molecule has 0 unspecified atom stereocenters. The molecule has 1 aliphatic carbocycles. The highest BCUT2D eigenvalue weighted by Crippen LogP contribution is 2.24. The smallest absolute Gasteiger partial charge is 0.153 e. The zero-order valence-corrected chi connectivity index (χ0v) is 11.7. The lowest BCUT2D eigenvalue weighted by Gasteiger charge is -2.37. The summed E-state index contributed by atoms with van der Waals surface area (Å²) >= 11 is 0. The van der Waals surface area contributed by atoms with Gasteiger partial charge in [0.25, 0.3) is 0 Å². The van der Waals surface area contributed by atoms with E-state index in [4.69, 9.17) is 5.11 Å². The van der Waals surface area contributed by atoms with Crippen molar-refractivity contribution in [3.63, 3.8) is 0 Å². The number of aliphatic hydroxyl groups excluding tert-OH is 1. The van der Waals surface area contributed by atoms with Gasteiger partial charge in [-0.1, -0.05) is 6.42 Å². The maximum atomic E-state index is 11.8. The minimum atomic E-state index is -2.94. The van der Waals surface area contributed by atoms with Gasteiger partial charge in [-0.05, 0) is 33.1 Å². The Kier molecular flexibility index (Phi) is 5.89. The van der Waals surface area contributed by atoms with Crippen LogP contribution in [0.25, 0.3) is 0 Å². The average Bonchev–Trinajstić information content (AvgIpc) is 2.19. The van der Waals surface area contributed by atoms with Crippen LogP contribution in [0.2, 0.25) is 0 Å². The minimum absolute atomic E-state index is 0.181. The molecule has 0 aromatic carbocycles. The molecular weight excluding hydrogens is 238 g/mol. The predicted molar refractivity (Wildman–Crippen MR) is 69.8 cm³/mol. The second-order valence-electron chi connectivity index (χ2n) is 5.11. The van der Waals surface area contributed by atoms with Gasteiger partial charge in [0.2, 0.25) is 0 Å². The van der Waals surface area contributed by atoms with Gasteiger partial charge in [-0.25, -0.2) is 8.42 Å². The summed E-state index contributed by atoms with van der Waals surface area (Å²) in [6, 6.07) is 0.545. The van der Waals surface area contributed by atoms with Gasteiger partial charge < -0.3 is 5.11 Å². The van der Waals surface area contributed by atoms with Crippen LogP contribution in [0, 0.1) is 0 Å². The van der Waals surface area contributed by atoms with Gasteiger partial charge >= 0.3 is 0 Å². The first-order chi connectivity index (χ1) is 7.97. The second kappa shape index (κ2) is 6.71. The van der Waals surface area contributed by atoms with Gasteiger partial charge in [-0.15, -0.1) is 0 Å². The highest BCUT2D eigenvalue weighted by Gasteiger charge is 2.26. The maximum absolute atomic E-state index is 11.8. The summed E-state index contributed by atoms with van der Waals surface area (Å²) in [5.41, 5.74) is 0. The van der Waals surface area contributed by atoms with Gasteiger partial charge in [0.05, 0.1) is 11.0 Å². The topological polar surface area (TPSA) is 57.6 Å². The third-order valence-electron chi connectivity index (χ3n) is 3.58. The molecule has 0 bridgehead atoms. The van der Waals surface area contributed by atoms with Gasteiger partial charge in [0, 0.05) is 25.7 Å². The van der Waals surface area contributed by atoms with Crippen LogP contribution in [-0.2, 0) is 9.84 Å². The summed E-state index contributed by atoms with van der Waals surface area (Å²) in [5.74, 6) is 0.243. The molecule has 0 saturated heterocycles. The van der Waals surface area contributed by atoms with Crippen molar-refractivity contribution in [1.82, 2.24) is 4.90 Å². The standard InChI is InChI=1S/C12H25NO3S/c1-11(2)17(15,16)10-8-13(7-4-9-14)12-5-3-6-12/h11-12,14H,3-10H2,1-2H3. The summed E-state index contributed by atoms with van der Waals surface area (Å²) in [7, 11) is -2.94. The molecule has 17 heavy (non-hydrogen) atoms. The van der Waals surface area contributed by atoms with E-state index in [0.717, 1.165) is 13.0 Å². The van der Waals surface area contributed by atoms with Crippen LogP contribution in [-0.4, -0.2) is 55.2 Å². The van der Waals surface area contributed by atoms with Gasteiger partial charge in [0.15, 0.2) is 9.84 Å². The molecule has 1 N–H and O–H groups in total. The summed E-state index contributed by atoms with van der Waals surface area (Å²) < 4.78 is 23.5. The van der Waals surface area contributed by atoms with Crippen molar-refractivity contribution >= 4 is 9.84 Å². The SMILES string of the molecule is CC(C)S(=O)(=O)CCN(CCCO)C1CCC1. The first kappa shape index (κ1) is 14.9. The second-order valence-corrected chi connectivity index (χ2v) is 7.79. The van der Waals surface area contributed by atoms with E-state index in [9.17, 15) is 8.42 Å². The summed E-state index contributed by atoms with van der Waals surface area (Å²) in [6.07, 6.45) is 4.33. The number of hydrogen-bond donors (Lipinski definition) is 1. The van der Waals surface area contributed by atoms with Crippen LogP contribution < -0.4 is 0 Å². The number of nitrogens with zero attached hydrogens (tertiary/aromatic N) is 1. The average molecular weight is 263 g/mol. The van der Waals surface area contributed by atoms with Crippen LogP contribution in [0.15, 0.2) is 0 Å². The largest absolute Gasteiger partial charge is 0.396 e. The van der Waals surface area contributed by atoms with Crippen LogP contribution in [0.5, 0.6) is 0 Å². The third kappa shape index (κ3) is 4.56. The number of rotatable bonds is 8. The maximum Gasteiger partial charge on any atom is 0.153 e. The fourth-order valence-electron chi connectivity index (χ4n) is 1.98. The third-order valence-corrected chi connectivity index (χ3v) is 5.76. The Balaban J connectivity index is 2.43. The van der Waals surface area contributed by atoms with Crippen molar-refractivity contribution < 1.29 is 13.5 Å². The molecule has 1 saturated carbocycles. The van der Waals surface area contributed by atoms with Crippen LogP contribution >= 0.6 is 0 Å². The number of hydrogen-bond acceptors (Lipinski definition) is 4. The molecule has 0 amide bonds. The van der Waals surface area contributed by atoms with Crippen molar-refractivity contribution in [3.8, 4) is 0 Å². The number of sulfone groups is 1. The highest BCUT2D eigenvalue weighted by molar-refractivity contribution is 7.92. The monoisotopic (exact) mass is 263 g/mol. The summed E-state index contributed by atoms with van der Waals surface area (Å²) in [4.78, 5) is 2.24. The Bertz CT molecular complexity index is 310. The lowest BCUT2D eigenvalue weighted by Crippen LogP contribution is -2.43. The van der Waals surface area contributed by atoms with E-state index in [1.807, 2.05) is 0 Å². The summed E-state index contributed by atoms with van der Waals surface area (Å²) in [6.45, 7) is 5.08. The Hall–Kier alpha value is -0.130. The molecule has 0 radical (unpaired) electrons. The molecule has 0 spiro atoms. The van der Waals surface area contributed by atoms with Crippen molar-refractivity contribution in [2.45, 2.75) is 50.8 Å². The van der Waals surface area contributed by atoms with Crippen molar-refractivity contribution in [2.24, 2.45) is 0 Å². The fraction of sp³-hybridized carbons (Fsp3) is 1.00. The number of aliphatic hydroxyl groups is 1. The Morgan fingerprint density at radius 2 is 1.94 bits per heavy atom. The van der Waals surface area contributed by atoms with Crippen LogP contribution in [0.1, 0.15) is 39.5 Å². The lowest BCUT2D eigenvalue weighted by molar-refractivity contribution is 0.123. The van der Waals surface area contributed by atoms with E-state index >= 15 is 0 Å². The first-order valence-corrected chi connectivity index (χ1v) is 8.25. The van der Waals surface area contributed by atoms with E-state index in [1.165, 1.54) is 19.3 Å². The molecule has 1 aliphatic rings. The highest BCUT2D eigenvalue weighted by atomic mass is 32.2. The molecule has 0 aliphatic heterocycles. The zero-order valence-electron chi connectivity index (χ0n) is 10.9. The Morgan fingerprint density at radius 1 is 1.29 bits per heavy atom. The zero-order chi connectivity index (χ0) is 12.9. The Labute approximate surface area is 105 Å². The molecule has 0 atom stereocenters. The molecule has 102 valence electrons. The quantitative estimate of drug-likeness (QED) is 0.711. The van der Waals surface area contributed by atoms with Crippen molar-refractivity contribution in [3.05, 3.63) is 0 Å². The van der Waals surface area contributed by atoms with Gasteiger partial charge in [-0.3, -0.25) is 4.90 Å². The normalized spacial score (nSPS) is 17.7. The van der Waals surface area contributed by atoms with E-state index in [2.05, 4.69) is 4.90 Å². The summed E-state index contributed by atoms with van der Waals surface area (Å²) in [5, 5.41) is 8.57. The molecule has 0 aromatic rings. The Morgan fingerprint density at radius 3 is 2.35 bits per heavy atom. The molecule has 0 heterocycles. The molecule has 0 aromatic heterocycles. The van der Waals surface area contributed by atoms with E-state index in [1.54, 1.807) is 13.8 Å². The molecular formula is C12H25NO3S. The van der Waals surface area contributed by atoms with E-state index < -0.39 is 9.84 Å². The van der Waals surface area contributed by atoms with Crippen molar-refractivity contribution in [1.29, 1.82) is 0 Å². The van der Waals surface area contributed by atoms with Crippen molar-refractivity contribution in [2.75, 3.05) is 25.4 Å². The van der Waals surface area contributed by atoms with Crippen LogP contribution in [0.3, 0.4) is 0 Å². The minimum Gasteiger partial charge on any atom is -0.396 e. The molecule has 4 nitrogen and oxygen atoms in total. The van der Waals surface area contributed by atoms with E-state index in [0.29, 0.717) is 12.6 Å². The van der Waals surface area contributed by atoms with Gasteiger partial charge in [-0.2, -0.15) is 0 Å². The lowest BCUT2D eigenvalue weighted by atomic mass is 9.91. The van der Waals surface area contributed by atoms with Crippen LogP contribution in [0.4, 0.5) is 0 Å². The first-order valence-electron chi connectivity index (χ1n) is 6.54. The predicted octanol–water partition coefficient (Wildman–Crippen LogP) is 1.05. The fourth-order valence-corrected chi connectivity index (χ4v) is 2.94.